The van der Waals surface area contributed by atoms with Gasteiger partial charge in [0.15, 0.2) is 16.7 Å². The minimum absolute atomic E-state index is 0.261. The number of carbonyl (C=O) groups is 2. The van der Waals surface area contributed by atoms with Gasteiger partial charge in [0.1, 0.15) is 5.25 Å². The van der Waals surface area contributed by atoms with E-state index in [-0.39, 0.29) is 17.5 Å². The van der Waals surface area contributed by atoms with Gasteiger partial charge in [-0.25, -0.2) is 0 Å². The van der Waals surface area contributed by atoms with Crippen LogP contribution in [0.1, 0.15) is 32.3 Å². The van der Waals surface area contributed by atoms with Crippen LogP contribution in [0.2, 0.25) is 0 Å². The number of rotatable bonds is 9. The van der Waals surface area contributed by atoms with Gasteiger partial charge in [0.25, 0.3) is 0 Å². The molecule has 1 aromatic carbocycles. The zero-order valence-corrected chi connectivity index (χ0v) is 16.3. The molecule has 0 aliphatic carbocycles. The van der Waals surface area contributed by atoms with Gasteiger partial charge in [-0.3, -0.25) is 9.59 Å². The quantitative estimate of drug-likeness (QED) is 0.493. The monoisotopic (exact) mass is 393 g/mol. The molecule has 2 rings (SSSR count). The number of nitrogens with one attached hydrogen (secondary N) is 1. The Hall–Kier alpha value is -2.55. The van der Waals surface area contributed by atoms with Crippen LogP contribution in [0.4, 0.5) is 0 Å². The van der Waals surface area contributed by atoms with E-state index in [9.17, 15) is 9.59 Å². The number of methoxy groups -OCH3 is 1. The second-order valence-corrected chi connectivity index (χ2v) is 7.44. The van der Waals surface area contributed by atoms with Crippen molar-refractivity contribution in [3.8, 4) is 11.5 Å². The molecule has 1 fully saturated rings. The predicted molar refractivity (Wildman–Crippen MR) is 105 cm³/mol. The summed E-state index contributed by atoms with van der Waals surface area (Å²) in [7, 11) is 1.57. The third kappa shape index (κ3) is 6.28. The lowest BCUT2D eigenvalue weighted by atomic mass is 10.1. The molecule has 0 radical (unpaired) electrons. The Morgan fingerprint density at radius 3 is 2.89 bits per heavy atom. The molecule has 1 atom stereocenters. The number of benzene rings is 1. The van der Waals surface area contributed by atoms with Gasteiger partial charge in [-0.2, -0.15) is 5.10 Å². The SMILES string of the molecule is COc1cccc(C=NN=C2NC(=O)C(CC(=O)O)S2)c1OCCC(C)C. The fourth-order valence-electron chi connectivity index (χ4n) is 2.24. The standard InChI is InChI=1S/C18H23N3O5S/c1-11(2)7-8-26-16-12(5-4-6-13(16)25-3)10-19-21-18-20-17(24)14(27-18)9-15(22)23/h4-6,10-11,14H,7-9H2,1-3H3,(H,22,23)(H,20,21,24). The van der Waals surface area contributed by atoms with Gasteiger partial charge in [-0.05, 0) is 24.5 Å². The summed E-state index contributed by atoms with van der Waals surface area (Å²) in [6.45, 7) is 4.79. The zero-order chi connectivity index (χ0) is 19.8. The zero-order valence-electron chi connectivity index (χ0n) is 15.5. The van der Waals surface area contributed by atoms with Crippen molar-refractivity contribution >= 4 is 35.0 Å². The number of thioether (sulfide) groups is 1. The van der Waals surface area contributed by atoms with Gasteiger partial charge < -0.3 is 19.9 Å². The summed E-state index contributed by atoms with van der Waals surface area (Å²) in [5.74, 6) is 0.282. The van der Waals surface area contributed by atoms with Gasteiger partial charge in [0, 0.05) is 5.56 Å². The summed E-state index contributed by atoms with van der Waals surface area (Å²) in [6, 6.07) is 5.44. The molecule has 0 spiro atoms. The van der Waals surface area contributed by atoms with Crippen LogP contribution in [-0.4, -0.2) is 47.3 Å². The molecule has 1 amide bonds. The van der Waals surface area contributed by atoms with Crippen LogP contribution in [0, 0.1) is 5.92 Å². The molecule has 0 aromatic heterocycles. The molecule has 1 unspecified atom stereocenters. The molecule has 1 heterocycles. The molecule has 1 aliphatic heterocycles. The molecule has 1 aliphatic rings. The fraction of sp³-hybridized carbons (Fsp3) is 0.444. The number of amidine groups is 1. The minimum atomic E-state index is -1.04. The maximum atomic E-state index is 11.7. The number of carboxylic acid groups (broad SMARTS) is 1. The van der Waals surface area contributed by atoms with E-state index in [1.807, 2.05) is 12.1 Å². The third-order valence-corrected chi connectivity index (χ3v) is 4.72. The number of hydrogen-bond acceptors (Lipinski definition) is 7. The molecule has 1 aromatic rings. The number of carboxylic acids is 1. The molecule has 146 valence electrons. The van der Waals surface area contributed by atoms with E-state index < -0.39 is 11.2 Å². The average Bonchev–Trinajstić information content (AvgIpc) is 2.94. The maximum absolute atomic E-state index is 11.7. The van der Waals surface area contributed by atoms with Crippen molar-refractivity contribution in [3.05, 3.63) is 23.8 Å². The number of ether oxygens (including phenoxy) is 2. The number of para-hydroxylation sites is 1. The molecule has 2 N–H and O–H groups in total. The largest absolute Gasteiger partial charge is 0.493 e. The van der Waals surface area contributed by atoms with Crippen LogP contribution in [0.3, 0.4) is 0 Å². The van der Waals surface area contributed by atoms with Crippen molar-refractivity contribution in [3.63, 3.8) is 0 Å². The summed E-state index contributed by atoms with van der Waals surface area (Å²) in [6.07, 6.45) is 2.16. The van der Waals surface area contributed by atoms with Crippen molar-refractivity contribution < 1.29 is 24.2 Å². The Morgan fingerprint density at radius 2 is 2.22 bits per heavy atom. The van der Waals surface area contributed by atoms with E-state index in [1.54, 1.807) is 13.2 Å². The number of aliphatic carboxylic acids is 1. The first-order valence-electron chi connectivity index (χ1n) is 8.50. The molecule has 8 nitrogen and oxygen atoms in total. The number of carbonyl (C=O) groups excluding carboxylic acids is 1. The molecular weight excluding hydrogens is 370 g/mol. The smallest absolute Gasteiger partial charge is 0.305 e. The highest BCUT2D eigenvalue weighted by molar-refractivity contribution is 8.15. The Morgan fingerprint density at radius 1 is 1.44 bits per heavy atom. The molecule has 0 bridgehead atoms. The minimum Gasteiger partial charge on any atom is -0.493 e. The number of amides is 1. The van der Waals surface area contributed by atoms with Crippen LogP contribution in [-0.2, 0) is 9.59 Å². The average molecular weight is 393 g/mol. The van der Waals surface area contributed by atoms with Crippen LogP contribution in [0.15, 0.2) is 28.4 Å². The second-order valence-electron chi connectivity index (χ2n) is 6.25. The van der Waals surface area contributed by atoms with Crippen LogP contribution >= 0.6 is 11.8 Å². The summed E-state index contributed by atoms with van der Waals surface area (Å²) in [4.78, 5) is 22.4. The molecule has 0 saturated carbocycles. The van der Waals surface area contributed by atoms with Crippen molar-refractivity contribution in [1.29, 1.82) is 0 Å². The van der Waals surface area contributed by atoms with E-state index in [4.69, 9.17) is 14.6 Å². The highest BCUT2D eigenvalue weighted by Crippen LogP contribution is 2.30. The van der Waals surface area contributed by atoms with Crippen molar-refractivity contribution in [2.24, 2.45) is 16.1 Å². The van der Waals surface area contributed by atoms with Crippen LogP contribution in [0.5, 0.6) is 11.5 Å². The second kappa shape index (κ2) is 9.96. The molecular formula is C18H23N3O5S. The highest BCUT2D eigenvalue weighted by atomic mass is 32.2. The predicted octanol–water partition coefficient (Wildman–Crippen LogP) is 2.52. The van der Waals surface area contributed by atoms with Crippen LogP contribution in [0.25, 0.3) is 0 Å². The summed E-state index contributed by atoms with van der Waals surface area (Å²) in [5, 5.41) is 18.9. The van der Waals surface area contributed by atoms with E-state index in [0.717, 1.165) is 18.2 Å². The van der Waals surface area contributed by atoms with Gasteiger partial charge in [-0.1, -0.05) is 31.7 Å². The topological polar surface area (TPSA) is 110 Å². The molecule has 27 heavy (non-hydrogen) atoms. The first-order chi connectivity index (χ1) is 12.9. The lowest BCUT2D eigenvalue weighted by Crippen LogP contribution is -2.26. The van der Waals surface area contributed by atoms with E-state index in [2.05, 4.69) is 29.4 Å². The number of hydrogen-bond donors (Lipinski definition) is 2. The Balaban J connectivity index is 2.10. The van der Waals surface area contributed by atoms with Crippen molar-refractivity contribution in [1.82, 2.24) is 5.32 Å². The summed E-state index contributed by atoms with van der Waals surface area (Å²) in [5.41, 5.74) is 0.693. The summed E-state index contributed by atoms with van der Waals surface area (Å²) < 4.78 is 11.2. The summed E-state index contributed by atoms with van der Waals surface area (Å²) >= 11 is 1.05. The van der Waals surface area contributed by atoms with E-state index in [1.165, 1.54) is 6.21 Å². The van der Waals surface area contributed by atoms with E-state index in [0.29, 0.717) is 29.6 Å². The van der Waals surface area contributed by atoms with Gasteiger partial charge in [-0.15, -0.1) is 5.10 Å². The fourth-order valence-corrected chi connectivity index (χ4v) is 3.15. The van der Waals surface area contributed by atoms with Gasteiger partial charge in [0.2, 0.25) is 5.91 Å². The van der Waals surface area contributed by atoms with Crippen molar-refractivity contribution in [2.75, 3.05) is 13.7 Å². The Labute approximate surface area is 162 Å². The first-order valence-corrected chi connectivity index (χ1v) is 9.38. The highest BCUT2D eigenvalue weighted by Gasteiger charge is 2.32. The van der Waals surface area contributed by atoms with Gasteiger partial charge >= 0.3 is 5.97 Å². The van der Waals surface area contributed by atoms with Gasteiger partial charge in [0.05, 0.1) is 26.4 Å². The lowest BCUT2D eigenvalue weighted by Gasteiger charge is -2.13. The van der Waals surface area contributed by atoms with Crippen molar-refractivity contribution in [2.45, 2.75) is 31.9 Å². The Bertz CT molecular complexity index is 749. The molecule has 9 heteroatoms. The van der Waals surface area contributed by atoms with Crippen LogP contribution < -0.4 is 14.8 Å². The third-order valence-electron chi connectivity index (χ3n) is 3.65. The Kier molecular flexibility index (Phi) is 7.66. The van der Waals surface area contributed by atoms with E-state index >= 15 is 0 Å². The number of nitrogens with zero attached hydrogens (tertiary/aromatic N) is 2. The molecule has 1 saturated heterocycles. The lowest BCUT2D eigenvalue weighted by molar-refractivity contribution is -0.138. The normalized spacial score (nSPS) is 18.3. The maximum Gasteiger partial charge on any atom is 0.305 e. The first kappa shape index (κ1) is 20.8.